The SMILES string of the molecule is Nc1ccn(CC(CO)OC(OOP(=O)(O)O)(O[P+](=O)O)[P+](=O)O)c(=O)n1. The van der Waals surface area contributed by atoms with Crippen LogP contribution in [0, 0.1) is 0 Å². The number of nitrogen functional groups attached to an aromatic ring is 1. The molecule has 4 unspecified atom stereocenters. The van der Waals surface area contributed by atoms with Gasteiger partial charge >= 0.3 is 35.5 Å². The molecule has 16 nitrogen and oxygen atoms in total. The molecule has 0 aliphatic heterocycles. The highest BCUT2D eigenvalue weighted by Gasteiger charge is 2.66. The van der Waals surface area contributed by atoms with Crippen molar-refractivity contribution in [3.8, 4) is 0 Å². The number of aliphatic hydroxyl groups is 1. The Labute approximate surface area is 151 Å². The Morgan fingerprint density at radius 1 is 1.37 bits per heavy atom. The molecule has 0 aliphatic rings. The van der Waals surface area contributed by atoms with Gasteiger partial charge in [0, 0.05) is 15.3 Å². The Balaban J connectivity index is 3.14. The number of nitrogens with two attached hydrogens (primary N) is 1. The van der Waals surface area contributed by atoms with Crippen molar-refractivity contribution >= 4 is 29.9 Å². The second kappa shape index (κ2) is 9.80. The quantitative estimate of drug-likeness (QED) is 0.0941. The average Bonchev–Trinajstić information content (AvgIpc) is 2.52. The van der Waals surface area contributed by atoms with E-state index in [1.807, 2.05) is 0 Å². The van der Waals surface area contributed by atoms with E-state index in [1.54, 1.807) is 0 Å². The summed E-state index contributed by atoms with van der Waals surface area (Å²) >= 11 is 0. The van der Waals surface area contributed by atoms with Gasteiger partial charge < -0.3 is 20.6 Å². The highest BCUT2D eigenvalue weighted by Crippen LogP contribution is 2.49. The van der Waals surface area contributed by atoms with Crippen LogP contribution in [0.5, 0.6) is 0 Å². The molecular weight excluding hydrogens is 439 g/mol. The van der Waals surface area contributed by atoms with Crippen LogP contribution in [-0.4, -0.2) is 52.7 Å². The average molecular weight is 453 g/mol. The third kappa shape index (κ3) is 7.71. The van der Waals surface area contributed by atoms with Gasteiger partial charge in [0.1, 0.15) is 11.9 Å². The van der Waals surface area contributed by atoms with Gasteiger partial charge in [0.15, 0.2) is 0 Å². The molecule has 27 heavy (non-hydrogen) atoms. The molecule has 0 amide bonds. The zero-order chi connectivity index (χ0) is 20.8. The molecule has 1 rings (SSSR count). The van der Waals surface area contributed by atoms with Crippen molar-refractivity contribution in [1.82, 2.24) is 9.55 Å². The zero-order valence-corrected chi connectivity index (χ0v) is 15.6. The normalized spacial score (nSPS) is 16.5. The van der Waals surface area contributed by atoms with E-state index in [-0.39, 0.29) is 5.82 Å². The van der Waals surface area contributed by atoms with Crippen LogP contribution in [0.25, 0.3) is 0 Å². The lowest BCUT2D eigenvalue weighted by Crippen LogP contribution is -2.42. The predicted octanol–water partition coefficient (Wildman–Crippen LogP) is -1.74. The Morgan fingerprint density at radius 2 is 2.00 bits per heavy atom. The van der Waals surface area contributed by atoms with E-state index < -0.39 is 54.8 Å². The number of anilines is 1. The minimum absolute atomic E-state index is 0.121. The Kier molecular flexibility index (Phi) is 8.63. The lowest BCUT2D eigenvalue weighted by Gasteiger charge is -2.21. The minimum Gasteiger partial charge on any atom is -0.394 e. The van der Waals surface area contributed by atoms with Crippen molar-refractivity contribution in [3.05, 3.63) is 22.7 Å². The number of phosphoric acid groups is 1. The van der Waals surface area contributed by atoms with Crippen LogP contribution in [0.4, 0.5) is 5.82 Å². The van der Waals surface area contributed by atoms with Crippen molar-refractivity contribution in [2.24, 2.45) is 0 Å². The number of nitrogens with zero attached hydrogens (tertiary/aromatic N) is 2. The summed E-state index contributed by atoms with van der Waals surface area (Å²) in [5.41, 5.74) is 0.864. The molecule has 1 heterocycles. The fraction of sp³-hybridized carbons (Fsp3) is 0.500. The molecule has 0 radical (unpaired) electrons. The monoisotopic (exact) mass is 453 g/mol. The van der Waals surface area contributed by atoms with Crippen molar-refractivity contribution in [3.63, 3.8) is 0 Å². The van der Waals surface area contributed by atoms with Crippen LogP contribution < -0.4 is 11.4 Å². The molecular formula is C8H14N3O13P3+2. The van der Waals surface area contributed by atoms with Crippen LogP contribution in [0.15, 0.2) is 17.1 Å². The molecule has 0 saturated carbocycles. The number of hydrogen-bond acceptors (Lipinski definition) is 11. The lowest BCUT2D eigenvalue weighted by molar-refractivity contribution is -0.425. The van der Waals surface area contributed by atoms with Crippen molar-refractivity contribution in [1.29, 1.82) is 0 Å². The highest BCUT2D eigenvalue weighted by atomic mass is 31.2. The molecule has 1 aromatic heterocycles. The number of aliphatic hydroxyl groups excluding tert-OH is 1. The van der Waals surface area contributed by atoms with Crippen molar-refractivity contribution in [2.45, 2.75) is 18.4 Å². The molecule has 0 saturated heterocycles. The Bertz CT molecular complexity index is 795. The molecule has 7 N–H and O–H groups in total. The molecule has 0 bridgehead atoms. The van der Waals surface area contributed by atoms with E-state index >= 15 is 0 Å². The molecule has 19 heteroatoms. The summed E-state index contributed by atoms with van der Waals surface area (Å²) in [7, 11) is -13.1. The maximum atomic E-state index is 11.7. The number of ether oxygens (including phenoxy) is 1. The van der Waals surface area contributed by atoms with Gasteiger partial charge in [0.2, 0.25) is 0 Å². The first kappa shape index (κ1) is 23.8. The molecule has 0 spiro atoms. The molecule has 0 aliphatic carbocycles. The standard InChI is InChI=1S/C8H12N3O13P3/c9-6-1-2-11(7(13)10-6)3-5(4-12)21-8(25(14)15,23-26(16)17)22-24-27(18,19)20/h1-2,5,12H,3-4H2,(H4-2,9,10,13,14,15,16,17,18,19,20)/p+2. The summed E-state index contributed by atoms with van der Waals surface area (Å²) in [6.07, 6.45) is -0.521. The fourth-order valence-corrected chi connectivity index (χ4v) is 2.86. The summed E-state index contributed by atoms with van der Waals surface area (Å²) < 4.78 is 46.4. The van der Waals surface area contributed by atoms with E-state index in [0.29, 0.717) is 0 Å². The molecule has 0 fully saturated rings. The van der Waals surface area contributed by atoms with Gasteiger partial charge in [-0.1, -0.05) is 0 Å². The van der Waals surface area contributed by atoms with Crippen LogP contribution in [0.3, 0.4) is 0 Å². The Hall–Kier alpha value is -1.25. The van der Waals surface area contributed by atoms with Crippen molar-refractivity contribution in [2.75, 3.05) is 12.3 Å². The largest absolute Gasteiger partial charge is 0.704 e. The number of aromatic nitrogens is 2. The first-order chi connectivity index (χ1) is 12.4. The van der Waals surface area contributed by atoms with Gasteiger partial charge in [-0.05, 0) is 10.6 Å². The zero-order valence-electron chi connectivity index (χ0n) is 13.0. The molecule has 0 aromatic carbocycles. The Morgan fingerprint density at radius 3 is 2.44 bits per heavy atom. The second-order valence-corrected chi connectivity index (χ2v) is 7.37. The van der Waals surface area contributed by atoms with Gasteiger partial charge in [0.05, 0.1) is 13.2 Å². The summed E-state index contributed by atoms with van der Waals surface area (Å²) in [6.45, 7) is -1.55. The van der Waals surface area contributed by atoms with Crippen molar-refractivity contribution < 1.29 is 57.2 Å². The maximum Gasteiger partial charge on any atom is 0.704 e. The third-order valence-corrected chi connectivity index (χ3v) is 4.03. The summed E-state index contributed by atoms with van der Waals surface area (Å²) in [4.78, 5) is 54.3. The topological polar surface area (TPSA) is 250 Å². The van der Waals surface area contributed by atoms with E-state index in [2.05, 4.69) is 19.1 Å². The van der Waals surface area contributed by atoms with Gasteiger partial charge in [-0.2, -0.15) is 9.88 Å². The number of hydrogen-bond donors (Lipinski definition) is 6. The lowest BCUT2D eigenvalue weighted by atomic mass is 10.3. The van der Waals surface area contributed by atoms with Gasteiger partial charge in [-0.25, -0.2) is 9.36 Å². The van der Waals surface area contributed by atoms with E-state index in [9.17, 15) is 28.5 Å². The van der Waals surface area contributed by atoms with E-state index in [4.69, 9.17) is 25.2 Å². The van der Waals surface area contributed by atoms with Crippen LogP contribution in [0.1, 0.15) is 0 Å². The van der Waals surface area contributed by atoms with Gasteiger partial charge in [0.25, 0.3) is 0 Å². The molecule has 152 valence electrons. The van der Waals surface area contributed by atoms with Crippen LogP contribution >= 0.6 is 24.1 Å². The van der Waals surface area contributed by atoms with E-state index in [1.165, 1.54) is 6.07 Å². The van der Waals surface area contributed by atoms with Gasteiger partial charge in [-0.3, -0.25) is 9.30 Å². The van der Waals surface area contributed by atoms with Gasteiger partial charge in [-0.15, -0.1) is 14.5 Å². The van der Waals surface area contributed by atoms with Crippen LogP contribution in [-0.2, 0) is 39.1 Å². The second-order valence-electron chi connectivity index (χ2n) is 4.48. The van der Waals surface area contributed by atoms with Crippen LogP contribution in [0.2, 0.25) is 0 Å². The summed E-state index contributed by atoms with van der Waals surface area (Å²) in [6, 6.07) is 1.20. The minimum atomic E-state index is -5.42. The first-order valence-corrected chi connectivity index (χ1v) is 10.3. The third-order valence-electron chi connectivity index (χ3n) is 2.48. The smallest absolute Gasteiger partial charge is 0.394 e. The fourth-order valence-electron chi connectivity index (χ4n) is 1.51. The summed E-state index contributed by atoms with van der Waals surface area (Å²) in [5.74, 6) is -0.121. The molecule has 4 atom stereocenters. The first-order valence-electron chi connectivity index (χ1n) is 6.44. The maximum absolute atomic E-state index is 11.7. The summed E-state index contributed by atoms with van der Waals surface area (Å²) in [5, 5.41) is 9.34. The van der Waals surface area contributed by atoms with E-state index in [0.717, 1.165) is 10.8 Å². The number of rotatable bonds is 11. The predicted molar refractivity (Wildman–Crippen MR) is 82.5 cm³/mol. The molecule has 1 aromatic rings. The highest BCUT2D eigenvalue weighted by molar-refractivity contribution is 7.46.